The van der Waals surface area contributed by atoms with Crippen LogP contribution in [0, 0.1) is 5.92 Å². The molecule has 0 heterocycles. The Labute approximate surface area is 57.9 Å². The molecular formula is C8H17N. The molecule has 54 valence electrons. The number of nitrogens with two attached hydrogens (primary N) is 1. The molecule has 0 aliphatic carbocycles. The van der Waals surface area contributed by atoms with Crippen molar-refractivity contribution in [3.8, 4) is 0 Å². The molecule has 9 heavy (non-hydrogen) atoms. The highest BCUT2D eigenvalue weighted by molar-refractivity contribution is 4.99. The third kappa shape index (κ3) is 2.19. The SMILES string of the molecule is C=CC(C)(N)[C@H](C)CC. The van der Waals surface area contributed by atoms with Crippen molar-refractivity contribution in [3.05, 3.63) is 12.7 Å². The van der Waals surface area contributed by atoms with Gasteiger partial charge in [-0.05, 0) is 12.8 Å². The molecule has 0 aromatic heterocycles. The van der Waals surface area contributed by atoms with Gasteiger partial charge in [-0.25, -0.2) is 0 Å². The van der Waals surface area contributed by atoms with Crippen LogP contribution in [0.25, 0.3) is 0 Å². The first-order valence-electron chi connectivity index (χ1n) is 3.47. The Bertz CT molecular complexity index is 94.7. The van der Waals surface area contributed by atoms with E-state index in [0.29, 0.717) is 5.92 Å². The first-order valence-corrected chi connectivity index (χ1v) is 3.47. The largest absolute Gasteiger partial charge is 0.322 e. The van der Waals surface area contributed by atoms with Crippen LogP contribution in [0.15, 0.2) is 12.7 Å². The Morgan fingerprint density at radius 2 is 2.22 bits per heavy atom. The highest BCUT2D eigenvalue weighted by Gasteiger charge is 2.19. The summed E-state index contributed by atoms with van der Waals surface area (Å²) in [6.07, 6.45) is 2.93. The molecule has 0 radical (unpaired) electrons. The van der Waals surface area contributed by atoms with Crippen LogP contribution in [0.4, 0.5) is 0 Å². The molecule has 1 unspecified atom stereocenters. The lowest BCUT2D eigenvalue weighted by atomic mass is 9.86. The van der Waals surface area contributed by atoms with E-state index in [2.05, 4.69) is 20.4 Å². The summed E-state index contributed by atoms with van der Waals surface area (Å²) in [7, 11) is 0. The van der Waals surface area contributed by atoms with Crippen molar-refractivity contribution in [2.75, 3.05) is 0 Å². The zero-order valence-electron chi connectivity index (χ0n) is 6.65. The summed E-state index contributed by atoms with van der Waals surface area (Å²) in [5.74, 6) is 0.523. The smallest absolute Gasteiger partial charge is 0.0333 e. The van der Waals surface area contributed by atoms with E-state index in [1.807, 2.05) is 13.0 Å². The van der Waals surface area contributed by atoms with Gasteiger partial charge in [-0.2, -0.15) is 0 Å². The van der Waals surface area contributed by atoms with Gasteiger partial charge < -0.3 is 5.73 Å². The van der Waals surface area contributed by atoms with E-state index in [-0.39, 0.29) is 5.54 Å². The van der Waals surface area contributed by atoms with E-state index in [1.54, 1.807) is 0 Å². The molecular weight excluding hydrogens is 110 g/mol. The Morgan fingerprint density at radius 3 is 2.33 bits per heavy atom. The van der Waals surface area contributed by atoms with Crippen LogP contribution in [0.3, 0.4) is 0 Å². The van der Waals surface area contributed by atoms with Gasteiger partial charge in [-0.3, -0.25) is 0 Å². The summed E-state index contributed by atoms with van der Waals surface area (Å²) in [4.78, 5) is 0. The Morgan fingerprint density at radius 1 is 1.78 bits per heavy atom. The topological polar surface area (TPSA) is 26.0 Å². The summed E-state index contributed by atoms with van der Waals surface area (Å²) in [6.45, 7) is 9.96. The van der Waals surface area contributed by atoms with Gasteiger partial charge in [0.2, 0.25) is 0 Å². The molecule has 0 spiro atoms. The number of hydrogen-bond donors (Lipinski definition) is 1. The predicted molar refractivity (Wildman–Crippen MR) is 42.2 cm³/mol. The van der Waals surface area contributed by atoms with Crippen molar-refractivity contribution in [1.29, 1.82) is 0 Å². The molecule has 1 nitrogen and oxygen atoms in total. The molecule has 0 amide bonds. The van der Waals surface area contributed by atoms with Gasteiger partial charge in [-0.1, -0.05) is 26.3 Å². The van der Waals surface area contributed by atoms with Crippen LogP contribution in [0.5, 0.6) is 0 Å². The minimum absolute atomic E-state index is 0.186. The van der Waals surface area contributed by atoms with E-state index in [0.717, 1.165) is 6.42 Å². The van der Waals surface area contributed by atoms with Crippen LogP contribution in [0.2, 0.25) is 0 Å². The predicted octanol–water partition coefficient (Wildman–Crippen LogP) is 1.94. The minimum Gasteiger partial charge on any atom is -0.322 e. The first kappa shape index (κ1) is 8.70. The van der Waals surface area contributed by atoms with Crippen molar-refractivity contribution in [1.82, 2.24) is 0 Å². The third-order valence-electron chi connectivity index (χ3n) is 2.11. The molecule has 0 aliphatic rings. The van der Waals surface area contributed by atoms with Crippen LogP contribution in [0.1, 0.15) is 27.2 Å². The maximum absolute atomic E-state index is 5.85. The number of hydrogen-bond acceptors (Lipinski definition) is 1. The van der Waals surface area contributed by atoms with E-state index in [4.69, 9.17) is 5.73 Å². The highest BCUT2D eigenvalue weighted by Crippen LogP contribution is 2.17. The van der Waals surface area contributed by atoms with Gasteiger partial charge in [0.15, 0.2) is 0 Å². The standard InChI is InChI=1S/C8H17N/c1-5-7(3)8(4,9)6-2/h6-7H,2,5,9H2,1,3-4H3/t7-,8?/m1/s1. The summed E-state index contributed by atoms with van der Waals surface area (Å²) >= 11 is 0. The maximum Gasteiger partial charge on any atom is 0.0333 e. The van der Waals surface area contributed by atoms with E-state index < -0.39 is 0 Å². The fraction of sp³-hybridized carbons (Fsp3) is 0.750. The molecule has 2 atom stereocenters. The van der Waals surface area contributed by atoms with Crippen LogP contribution >= 0.6 is 0 Å². The molecule has 0 rings (SSSR count). The molecule has 0 saturated heterocycles. The van der Waals surface area contributed by atoms with Gasteiger partial charge in [0.1, 0.15) is 0 Å². The molecule has 0 saturated carbocycles. The fourth-order valence-corrected chi connectivity index (χ4v) is 0.641. The Kier molecular flexibility index (Phi) is 2.92. The van der Waals surface area contributed by atoms with Gasteiger partial charge in [0.25, 0.3) is 0 Å². The van der Waals surface area contributed by atoms with Crippen molar-refractivity contribution >= 4 is 0 Å². The van der Waals surface area contributed by atoms with Gasteiger partial charge in [0.05, 0.1) is 0 Å². The minimum atomic E-state index is -0.186. The second kappa shape index (κ2) is 3.02. The summed E-state index contributed by atoms with van der Waals surface area (Å²) in [5.41, 5.74) is 5.67. The summed E-state index contributed by atoms with van der Waals surface area (Å²) < 4.78 is 0. The molecule has 1 heteroatoms. The average Bonchev–Trinajstić information content (AvgIpc) is 1.86. The zero-order valence-corrected chi connectivity index (χ0v) is 6.65. The Hall–Kier alpha value is -0.300. The monoisotopic (exact) mass is 127 g/mol. The third-order valence-corrected chi connectivity index (χ3v) is 2.11. The van der Waals surface area contributed by atoms with Crippen LogP contribution in [-0.4, -0.2) is 5.54 Å². The van der Waals surface area contributed by atoms with E-state index in [9.17, 15) is 0 Å². The van der Waals surface area contributed by atoms with Gasteiger partial charge in [0, 0.05) is 5.54 Å². The second-order valence-electron chi connectivity index (χ2n) is 2.88. The normalized spacial score (nSPS) is 20.4. The molecule has 0 aliphatic heterocycles. The molecule has 2 N–H and O–H groups in total. The van der Waals surface area contributed by atoms with Crippen LogP contribution < -0.4 is 5.73 Å². The van der Waals surface area contributed by atoms with Crippen LogP contribution in [-0.2, 0) is 0 Å². The first-order chi connectivity index (χ1) is 4.04. The lowest BCUT2D eigenvalue weighted by molar-refractivity contribution is 0.378. The lowest BCUT2D eigenvalue weighted by Crippen LogP contribution is -2.40. The van der Waals surface area contributed by atoms with Crippen molar-refractivity contribution in [2.24, 2.45) is 11.7 Å². The summed E-state index contributed by atoms with van der Waals surface area (Å²) in [6, 6.07) is 0. The van der Waals surface area contributed by atoms with E-state index in [1.165, 1.54) is 0 Å². The lowest BCUT2D eigenvalue weighted by Gasteiger charge is -2.26. The Balaban J connectivity index is 3.95. The number of rotatable bonds is 3. The maximum atomic E-state index is 5.85. The highest BCUT2D eigenvalue weighted by atomic mass is 14.7. The second-order valence-corrected chi connectivity index (χ2v) is 2.88. The molecule has 0 aromatic carbocycles. The van der Waals surface area contributed by atoms with Gasteiger partial charge >= 0.3 is 0 Å². The van der Waals surface area contributed by atoms with E-state index >= 15 is 0 Å². The quantitative estimate of drug-likeness (QED) is 0.576. The van der Waals surface area contributed by atoms with Crippen molar-refractivity contribution in [3.63, 3.8) is 0 Å². The van der Waals surface area contributed by atoms with Crippen molar-refractivity contribution < 1.29 is 0 Å². The zero-order chi connectivity index (χ0) is 7.49. The van der Waals surface area contributed by atoms with Gasteiger partial charge in [-0.15, -0.1) is 6.58 Å². The van der Waals surface area contributed by atoms with Crippen molar-refractivity contribution in [2.45, 2.75) is 32.7 Å². The molecule has 0 fully saturated rings. The molecule has 0 aromatic rings. The summed E-state index contributed by atoms with van der Waals surface area (Å²) in [5, 5.41) is 0. The molecule has 0 bridgehead atoms. The fourth-order valence-electron chi connectivity index (χ4n) is 0.641. The average molecular weight is 127 g/mol.